The first kappa shape index (κ1) is 13.1. The molecule has 0 aromatic carbocycles. The van der Waals surface area contributed by atoms with Gasteiger partial charge in [-0.15, -0.1) is 0 Å². The van der Waals surface area contributed by atoms with Gasteiger partial charge in [-0.2, -0.15) is 0 Å². The molecule has 1 aromatic heterocycles. The van der Waals surface area contributed by atoms with Crippen LogP contribution in [0.4, 0.5) is 0 Å². The third kappa shape index (κ3) is 3.60. The molecule has 1 atom stereocenters. The number of carbonyl (C=O) groups excluding carboxylic acids is 1. The van der Waals surface area contributed by atoms with Crippen molar-refractivity contribution in [2.75, 3.05) is 12.9 Å². The van der Waals surface area contributed by atoms with E-state index < -0.39 is 10.8 Å². The highest BCUT2D eigenvalue weighted by Gasteiger charge is 2.45. The summed E-state index contributed by atoms with van der Waals surface area (Å²) in [4.78, 5) is 19.4. The van der Waals surface area contributed by atoms with Crippen molar-refractivity contribution in [2.24, 2.45) is 5.41 Å². The molecule has 1 aromatic rings. The first-order valence-corrected chi connectivity index (χ1v) is 7.30. The third-order valence-corrected chi connectivity index (χ3v) is 4.60. The summed E-state index contributed by atoms with van der Waals surface area (Å²) in [5.74, 6) is 1.24. The molecule has 1 fully saturated rings. The highest BCUT2D eigenvalue weighted by atomic mass is 32.2. The second-order valence-corrected chi connectivity index (χ2v) is 6.10. The molecule has 1 aliphatic rings. The van der Waals surface area contributed by atoms with Crippen LogP contribution in [0.1, 0.15) is 25.1 Å². The third-order valence-electron chi connectivity index (χ3n) is 3.08. The SMILES string of the molecule is COC(=O)CC1(CS(=O)Cc2ncccn2)CC1. The van der Waals surface area contributed by atoms with Gasteiger partial charge >= 0.3 is 5.97 Å². The molecule has 98 valence electrons. The molecule has 6 heteroatoms. The smallest absolute Gasteiger partial charge is 0.306 e. The lowest BCUT2D eigenvalue weighted by atomic mass is 10.1. The number of rotatable bonds is 6. The second kappa shape index (κ2) is 5.56. The predicted octanol–water partition coefficient (Wildman–Crippen LogP) is 1.07. The van der Waals surface area contributed by atoms with E-state index in [-0.39, 0.29) is 11.4 Å². The molecule has 0 aliphatic heterocycles. The second-order valence-electron chi connectivity index (χ2n) is 4.65. The van der Waals surface area contributed by atoms with Crippen LogP contribution in [0.15, 0.2) is 18.5 Å². The van der Waals surface area contributed by atoms with Gasteiger partial charge in [0.05, 0.1) is 19.3 Å². The summed E-state index contributed by atoms with van der Waals surface area (Å²) in [6.07, 6.45) is 5.54. The topological polar surface area (TPSA) is 69.2 Å². The highest BCUT2D eigenvalue weighted by molar-refractivity contribution is 7.84. The molecule has 2 rings (SSSR count). The zero-order valence-corrected chi connectivity index (χ0v) is 11.1. The average Bonchev–Trinajstić information content (AvgIpc) is 3.09. The van der Waals surface area contributed by atoms with Gasteiger partial charge in [-0.05, 0) is 24.3 Å². The van der Waals surface area contributed by atoms with Gasteiger partial charge in [0.2, 0.25) is 0 Å². The van der Waals surface area contributed by atoms with Gasteiger partial charge in [-0.25, -0.2) is 9.97 Å². The summed E-state index contributed by atoms with van der Waals surface area (Å²) in [5.41, 5.74) is -0.104. The van der Waals surface area contributed by atoms with Crippen molar-refractivity contribution >= 4 is 16.8 Å². The molecule has 1 heterocycles. The van der Waals surface area contributed by atoms with Crippen LogP contribution in [0.2, 0.25) is 0 Å². The Morgan fingerprint density at radius 3 is 2.67 bits per heavy atom. The first-order valence-electron chi connectivity index (χ1n) is 5.81. The molecule has 0 bridgehead atoms. The van der Waals surface area contributed by atoms with Crippen LogP contribution in [0.3, 0.4) is 0 Å². The summed E-state index contributed by atoms with van der Waals surface area (Å²) in [6.45, 7) is 0. The van der Waals surface area contributed by atoms with E-state index in [1.807, 2.05) is 0 Å². The number of aromatic nitrogens is 2. The van der Waals surface area contributed by atoms with Crippen LogP contribution in [0.5, 0.6) is 0 Å². The molecule has 0 saturated heterocycles. The standard InChI is InChI=1S/C12H16N2O3S/c1-17-11(15)7-12(3-4-12)9-18(16)8-10-13-5-2-6-14-10/h2,5-6H,3-4,7-9H2,1H3. The molecule has 0 radical (unpaired) electrons. The molecule has 1 unspecified atom stereocenters. The van der Waals surface area contributed by atoms with Crippen LogP contribution in [0.25, 0.3) is 0 Å². The molecule has 18 heavy (non-hydrogen) atoms. The summed E-state index contributed by atoms with van der Waals surface area (Å²) in [5, 5.41) is 0. The van der Waals surface area contributed by atoms with E-state index in [0.717, 1.165) is 12.8 Å². The first-order chi connectivity index (χ1) is 8.63. The van der Waals surface area contributed by atoms with Crippen LogP contribution < -0.4 is 0 Å². The summed E-state index contributed by atoms with van der Waals surface area (Å²) < 4.78 is 16.7. The minimum Gasteiger partial charge on any atom is -0.469 e. The van der Waals surface area contributed by atoms with E-state index in [9.17, 15) is 9.00 Å². The zero-order chi connectivity index (χ0) is 13.0. The maximum absolute atomic E-state index is 12.0. The number of hydrogen-bond acceptors (Lipinski definition) is 5. The Morgan fingerprint density at radius 2 is 2.11 bits per heavy atom. The Bertz CT molecular complexity index is 446. The lowest BCUT2D eigenvalue weighted by Crippen LogP contribution is -2.19. The quantitative estimate of drug-likeness (QED) is 0.722. The van der Waals surface area contributed by atoms with Gasteiger partial charge in [-0.1, -0.05) is 0 Å². The fraction of sp³-hybridized carbons (Fsp3) is 0.583. The number of nitrogens with zero attached hydrogens (tertiary/aromatic N) is 2. The Balaban J connectivity index is 1.86. The summed E-state index contributed by atoms with van der Waals surface area (Å²) in [6, 6.07) is 1.73. The van der Waals surface area contributed by atoms with E-state index in [2.05, 4.69) is 14.7 Å². The largest absolute Gasteiger partial charge is 0.469 e. The van der Waals surface area contributed by atoms with Crippen molar-refractivity contribution in [2.45, 2.75) is 25.0 Å². The molecule has 0 N–H and O–H groups in total. The van der Waals surface area contributed by atoms with Gasteiger partial charge in [0.15, 0.2) is 0 Å². The van der Waals surface area contributed by atoms with Crippen molar-refractivity contribution < 1.29 is 13.7 Å². The summed E-state index contributed by atoms with van der Waals surface area (Å²) in [7, 11) is 0.353. The van der Waals surface area contributed by atoms with Gasteiger partial charge < -0.3 is 4.74 Å². The van der Waals surface area contributed by atoms with Gasteiger partial charge in [0.1, 0.15) is 5.82 Å². The number of methoxy groups -OCH3 is 1. The Hall–Kier alpha value is -1.30. The van der Waals surface area contributed by atoms with E-state index in [1.54, 1.807) is 18.5 Å². The molecule has 1 aliphatic carbocycles. The van der Waals surface area contributed by atoms with Crippen LogP contribution in [0, 0.1) is 5.41 Å². The van der Waals surface area contributed by atoms with Crippen molar-refractivity contribution in [3.63, 3.8) is 0 Å². The zero-order valence-electron chi connectivity index (χ0n) is 10.3. The Kier molecular flexibility index (Phi) is 4.06. The molecule has 0 amide bonds. The van der Waals surface area contributed by atoms with Crippen LogP contribution in [-0.4, -0.2) is 33.0 Å². The van der Waals surface area contributed by atoms with E-state index in [4.69, 9.17) is 0 Å². The molecule has 5 nitrogen and oxygen atoms in total. The van der Waals surface area contributed by atoms with Crippen molar-refractivity contribution in [1.29, 1.82) is 0 Å². The number of hydrogen-bond donors (Lipinski definition) is 0. The molecular weight excluding hydrogens is 252 g/mol. The lowest BCUT2D eigenvalue weighted by molar-refractivity contribution is -0.141. The fourth-order valence-corrected chi connectivity index (χ4v) is 3.48. The maximum atomic E-state index is 12.0. The van der Waals surface area contributed by atoms with Crippen LogP contribution in [-0.2, 0) is 26.1 Å². The normalized spacial score (nSPS) is 18.1. The van der Waals surface area contributed by atoms with Crippen LogP contribution >= 0.6 is 0 Å². The monoisotopic (exact) mass is 268 g/mol. The maximum Gasteiger partial charge on any atom is 0.306 e. The van der Waals surface area contributed by atoms with Gasteiger partial charge in [0, 0.05) is 28.9 Å². The Morgan fingerprint density at radius 1 is 1.44 bits per heavy atom. The number of ether oxygens (including phenoxy) is 1. The average molecular weight is 268 g/mol. The van der Waals surface area contributed by atoms with Gasteiger partial charge in [0.25, 0.3) is 0 Å². The van der Waals surface area contributed by atoms with Crippen molar-refractivity contribution in [3.8, 4) is 0 Å². The fourth-order valence-electron chi connectivity index (χ4n) is 1.87. The molecule has 0 spiro atoms. The van der Waals surface area contributed by atoms with E-state index >= 15 is 0 Å². The lowest BCUT2D eigenvalue weighted by Gasteiger charge is -2.12. The molecule has 1 saturated carbocycles. The van der Waals surface area contributed by atoms with E-state index in [1.165, 1.54) is 7.11 Å². The Labute approximate surface area is 108 Å². The minimum absolute atomic E-state index is 0.104. The number of carbonyl (C=O) groups is 1. The van der Waals surface area contributed by atoms with Crippen molar-refractivity contribution in [1.82, 2.24) is 9.97 Å². The molecular formula is C12H16N2O3S. The van der Waals surface area contributed by atoms with E-state index in [0.29, 0.717) is 23.8 Å². The summed E-state index contributed by atoms with van der Waals surface area (Å²) >= 11 is 0. The highest BCUT2D eigenvalue weighted by Crippen LogP contribution is 2.49. The predicted molar refractivity (Wildman–Crippen MR) is 67.0 cm³/mol. The van der Waals surface area contributed by atoms with Crippen molar-refractivity contribution in [3.05, 3.63) is 24.3 Å². The number of esters is 1. The minimum atomic E-state index is -1.03. The van der Waals surface area contributed by atoms with Gasteiger partial charge in [-0.3, -0.25) is 9.00 Å².